The molecule has 0 aromatic heterocycles. The Bertz CT molecular complexity index is 357. The van der Waals surface area contributed by atoms with Crippen molar-refractivity contribution in [3.63, 3.8) is 0 Å². The summed E-state index contributed by atoms with van der Waals surface area (Å²) in [5, 5.41) is 46.6. The molecule has 0 aliphatic rings. The maximum absolute atomic E-state index is 11.0. The fourth-order valence-electron chi connectivity index (χ4n) is 1.60. The normalized spacial score (nSPS) is 10.5. The Labute approximate surface area is 146 Å². The first kappa shape index (κ1) is 23.0. The van der Waals surface area contributed by atoms with Crippen LogP contribution in [0.3, 0.4) is 0 Å². The van der Waals surface area contributed by atoms with Crippen LogP contribution in [0.1, 0.15) is 0 Å². The number of aliphatic carboxylic acids is 4. The van der Waals surface area contributed by atoms with Crippen molar-refractivity contribution >= 4 is 53.4 Å². The molecule has 0 spiro atoms. The zero-order chi connectivity index (χ0) is 16.6. The summed E-state index contributed by atoms with van der Waals surface area (Å²) in [7, 11) is 0. The first-order chi connectivity index (χ1) is 9.73. The van der Waals surface area contributed by atoms with Crippen LogP contribution in [0.25, 0.3) is 0 Å². The third-order valence-corrected chi connectivity index (χ3v) is 2.43. The van der Waals surface area contributed by atoms with Crippen molar-refractivity contribution in [3.05, 3.63) is 0 Å². The Morgan fingerprint density at radius 3 is 1.45 bits per heavy atom. The minimum absolute atomic E-state index is 0. The summed E-state index contributed by atoms with van der Waals surface area (Å²) in [4.78, 5) is 44.1. The standard InChI is InChI=1S/C10H16N2O9.Na/c13-4-2-11-1-3-12(5(7(14)15)8(16)17)6(9(18)19)10(20)21;/h5-6,11,13H,1-4H2,(H,14,15)(H,16,17)(H,18,19)(H,20,21);. The zero-order valence-electron chi connectivity index (χ0n) is 11.8. The van der Waals surface area contributed by atoms with Crippen LogP contribution in [0.15, 0.2) is 0 Å². The van der Waals surface area contributed by atoms with E-state index in [-0.39, 0.29) is 49.3 Å². The second-order valence-corrected chi connectivity index (χ2v) is 3.87. The second kappa shape index (κ2) is 11.3. The number of nitrogens with one attached hydrogen (secondary N) is 1. The Balaban J connectivity index is 0. The number of hydrogen-bond acceptors (Lipinski definition) is 7. The number of aliphatic hydroxyl groups is 1. The largest absolute Gasteiger partial charge is 0.480 e. The molecule has 0 bridgehead atoms. The van der Waals surface area contributed by atoms with Gasteiger partial charge in [-0.1, -0.05) is 0 Å². The molecule has 0 fully saturated rings. The van der Waals surface area contributed by atoms with Gasteiger partial charge < -0.3 is 30.8 Å². The molecule has 11 nitrogen and oxygen atoms in total. The number of carbonyl (C=O) groups is 4. The number of hydrogen-bond donors (Lipinski definition) is 6. The summed E-state index contributed by atoms with van der Waals surface area (Å²) < 4.78 is 0. The van der Waals surface area contributed by atoms with Gasteiger partial charge in [0, 0.05) is 49.2 Å². The molecular formula is C10H16N2NaO9. The van der Waals surface area contributed by atoms with Gasteiger partial charge in [-0.3, -0.25) is 4.90 Å². The topological polar surface area (TPSA) is 185 Å². The first-order valence-corrected chi connectivity index (χ1v) is 5.72. The van der Waals surface area contributed by atoms with E-state index in [0.29, 0.717) is 4.90 Å². The molecule has 12 heteroatoms. The van der Waals surface area contributed by atoms with E-state index < -0.39 is 42.5 Å². The van der Waals surface area contributed by atoms with Crippen molar-refractivity contribution < 1.29 is 44.7 Å². The maximum atomic E-state index is 11.0. The maximum Gasteiger partial charge on any atom is 0.332 e. The third kappa shape index (κ3) is 7.15. The molecule has 0 aliphatic heterocycles. The molecule has 0 heterocycles. The van der Waals surface area contributed by atoms with E-state index in [1.165, 1.54) is 0 Å². The van der Waals surface area contributed by atoms with Gasteiger partial charge in [0.1, 0.15) is 0 Å². The smallest absolute Gasteiger partial charge is 0.332 e. The van der Waals surface area contributed by atoms with E-state index in [4.69, 9.17) is 25.5 Å². The van der Waals surface area contributed by atoms with Crippen LogP contribution in [-0.2, 0) is 19.2 Å². The number of aliphatic hydroxyl groups excluding tert-OH is 1. The Morgan fingerprint density at radius 1 is 0.818 bits per heavy atom. The third-order valence-electron chi connectivity index (χ3n) is 2.43. The Hall–Kier alpha value is -1.24. The van der Waals surface area contributed by atoms with E-state index in [9.17, 15) is 19.2 Å². The van der Waals surface area contributed by atoms with E-state index in [1.807, 2.05) is 0 Å². The Kier molecular flexibility index (Phi) is 11.9. The molecule has 1 radical (unpaired) electrons. The quantitative estimate of drug-likeness (QED) is 0.126. The van der Waals surface area contributed by atoms with E-state index in [0.717, 1.165) is 0 Å². The molecule has 0 aromatic carbocycles. The summed E-state index contributed by atoms with van der Waals surface area (Å²) in [6.45, 7) is -0.715. The summed E-state index contributed by atoms with van der Waals surface area (Å²) in [6, 6.07) is -4.64. The number of nitrogens with zero attached hydrogens (tertiary/aromatic N) is 1. The average Bonchev–Trinajstić information content (AvgIpc) is 2.32. The van der Waals surface area contributed by atoms with Crippen LogP contribution < -0.4 is 5.32 Å². The van der Waals surface area contributed by atoms with Crippen LogP contribution in [-0.4, -0.2) is 122 Å². The number of carboxylic acid groups (broad SMARTS) is 4. The SMILES string of the molecule is O=C(O)C(C(=O)O)N(CCNCCO)C(C(=O)O)C(=O)O.[Na]. The molecule has 6 N–H and O–H groups in total. The van der Waals surface area contributed by atoms with Crippen LogP contribution in [0.4, 0.5) is 0 Å². The zero-order valence-corrected chi connectivity index (χ0v) is 13.8. The first-order valence-electron chi connectivity index (χ1n) is 5.72. The van der Waals surface area contributed by atoms with E-state index >= 15 is 0 Å². The van der Waals surface area contributed by atoms with Crippen molar-refractivity contribution in [2.24, 2.45) is 0 Å². The van der Waals surface area contributed by atoms with Crippen LogP contribution in [0.5, 0.6) is 0 Å². The number of carboxylic acids is 4. The monoisotopic (exact) mass is 331 g/mol. The van der Waals surface area contributed by atoms with Crippen molar-refractivity contribution in [2.45, 2.75) is 12.1 Å². The fraction of sp³-hybridized carbons (Fsp3) is 0.600. The molecule has 0 amide bonds. The van der Waals surface area contributed by atoms with Gasteiger partial charge in [-0.15, -0.1) is 0 Å². The molecule has 0 aromatic rings. The van der Waals surface area contributed by atoms with Crippen LogP contribution in [0, 0.1) is 0 Å². The molecule has 0 saturated heterocycles. The molecule has 121 valence electrons. The van der Waals surface area contributed by atoms with Gasteiger partial charge >= 0.3 is 23.9 Å². The van der Waals surface area contributed by atoms with Gasteiger partial charge in [-0.05, 0) is 0 Å². The molecule has 0 rings (SSSR count). The van der Waals surface area contributed by atoms with Gasteiger partial charge in [-0.25, -0.2) is 19.2 Å². The summed E-state index contributed by atoms with van der Waals surface area (Å²) in [5.41, 5.74) is 0. The van der Waals surface area contributed by atoms with Gasteiger partial charge in [0.2, 0.25) is 12.1 Å². The van der Waals surface area contributed by atoms with Crippen molar-refractivity contribution in [2.75, 3.05) is 26.2 Å². The minimum Gasteiger partial charge on any atom is -0.480 e. The average molecular weight is 331 g/mol. The molecule has 0 atom stereocenters. The molecule has 0 aliphatic carbocycles. The van der Waals surface area contributed by atoms with Gasteiger partial charge in [0.15, 0.2) is 0 Å². The van der Waals surface area contributed by atoms with Gasteiger partial charge in [0.05, 0.1) is 6.61 Å². The molecular weight excluding hydrogens is 315 g/mol. The summed E-state index contributed by atoms with van der Waals surface area (Å²) in [6.07, 6.45) is 0. The second-order valence-electron chi connectivity index (χ2n) is 3.87. The van der Waals surface area contributed by atoms with Crippen LogP contribution in [0.2, 0.25) is 0 Å². The summed E-state index contributed by atoms with van der Waals surface area (Å²) in [5.74, 6) is -7.51. The fourth-order valence-corrected chi connectivity index (χ4v) is 1.60. The van der Waals surface area contributed by atoms with E-state index in [2.05, 4.69) is 5.32 Å². The predicted octanol–water partition coefficient (Wildman–Crippen LogP) is -3.43. The van der Waals surface area contributed by atoms with Crippen molar-refractivity contribution in [3.8, 4) is 0 Å². The van der Waals surface area contributed by atoms with Gasteiger partial charge in [0.25, 0.3) is 0 Å². The van der Waals surface area contributed by atoms with E-state index in [1.54, 1.807) is 0 Å². The summed E-state index contributed by atoms with van der Waals surface area (Å²) >= 11 is 0. The van der Waals surface area contributed by atoms with Gasteiger partial charge in [-0.2, -0.15) is 0 Å². The Morgan fingerprint density at radius 2 is 1.18 bits per heavy atom. The molecule has 0 unspecified atom stereocenters. The van der Waals surface area contributed by atoms with Crippen molar-refractivity contribution in [1.82, 2.24) is 10.2 Å². The van der Waals surface area contributed by atoms with Crippen LogP contribution >= 0.6 is 0 Å². The molecule has 22 heavy (non-hydrogen) atoms. The number of rotatable bonds is 11. The predicted molar refractivity (Wildman–Crippen MR) is 70.5 cm³/mol. The minimum atomic E-state index is -2.32. The molecule has 0 saturated carbocycles. The van der Waals surface area contributed by atoms with Crippen molar-refractivity contribution in [1.29, 1.82) is 0 Å².